The number of rotatable bonds is 6. The van der Waals surface area contributed by atoms with Gasteiger partial charge in [0.15, 0.2) is 5.78 Å². The Morgan fingerprint density at radius 3 is 2.35 bits per heavy atom. The number of primary amides is 1. The van der Waals surface area contributed by atoms with Crippen LogP contribution in [-0.4, -0.2) is 21.7 Å². The van der Waals surface area contributed by atoms with Gasteiger partial charge in [0.05, 0.1) is 10.8 Å². The number of nitrogens with two attached hydrogens (primary N) is 1. The van der Waals surface area contributed by atoms with Crippen molar-refractivity contribution < 1.29 is 9.59 Å². The highest BCUT2D eigenvalue weighted by Crippen LogP contribution is 2.40. The van der Waals surface area contributed by atoms with Gasteiger partial charge in [0.2, 0.25) is 0 Å². The van der Waals surface area contributed by atoms with Crippen LogP contribution in [0.15, 0.2) is 65.8 Å². The lowest BCUT2D eigenvalue weighted by Crippen LogP contribution is -2.18. The Hall–Kier alpha value is -3.38. The number of nitrogens with one attached hydrogen (secondary N) is 1. The van der Waals surface area contributed by atoms with Crippen molar-refractivity contribution in [1.82, 2.24) is 9.97 Å². The number of aryl methyl sites for hydroxylation is 1. The molecule has 0 fully saturated rings. The monoisotopic (exact) mass is 429 g/mol. The summed E-state index contributed by atoms with van der Waals surface area (Å²) in [5.74, 6) is -0.594. The summed E-state index contributed by atoms with van der Waals surface area (Å²) in [6.07, 6.45) is 1.75. The van der Waals surface area contributed by atoms with E-state index in [4.69, 9.17) is 5.73 Å². The third kappa shape index (κ3) is 3.86. The Bertz CT molecular complexity index is 1300. The molecule has 2 heterocycles. The summed E-state index contributed by atoms with van der Waals surface area (Å²) < 4.78 is 0. The Morgan fingerprint density at radius 2 is 1.65 bits per heavy atom. The molecule has 3 N–H and O–H groups in total. The fourth-order valence-electron chi connectivity index (χ4n) is 3.72. The topological polar surface area (TPSA) is 88.8 Å². The number of hydrogen-bond donors (Lipinski definition) is 2. The van der Waals surface area contributed by atoms with Gasteiger partial charge in [-0.2, -0.15) is 0 Å². The van der Waals surface area contributed by atoms with Crippen molar-refractivity contribution in [3.05, 3.63) is 94.3 Å². The van der Waals surface area contributed by atoms with Crippen molar-refractivity contribution in [2.24, 2.45) is 5.73 Å². The number of ketones is 1. The number of aromatic nitrogens is 2. The summed E-state index contributed by atoms with van der Waals surface area (Å²) in [6, 6.07) is 17.3. The summed E-state index contributed by atoms with van der Waals surface area (Å²) in [5.41, 5.74) is 11.0. The number of pyridine rings is 1. The number of nitrogens with zero attached hydrogens (tertiary/aromatic N) is 1. The van der Waals surface area contributed by atoms with Gasteiger partial charge >= 0.3 is 0 Å². The smallest absolute Gasteiger partial charge is 0.251 e. The standard InChI is InChI=1S/C25H23N3O2S/c1-14-15(2)21(24(26)30)25(28-16(14)3)31-23(17-9-5-4-6-10-17)22(29)19-13-27-20-12-8-7-11-18(19)20/h4-13,23,27H,1-3H3,(H2,26,30). The van der Waals surface area contributed by atoms with Crippen molar-refractivity contribution in [3.63, 3.8) is 0 Å². The third-order valence-corrected chi connectivity index (χ3v) is 6.87. The molecule has 31 heavy (non-hydrogen) atoms. The molecule has 156 valence electrons. The minimum atomic E-state index is -0.576. The highest BCUT2D eigenvalue weighted by Gasteiger charge is 2.29. The molecule has 6 heteroatoms. The zero-order chi connectivity index (χ0) is 22.1. The summed E-state index contributed by atoms with van der Waals surface area (Å²) >= 11 is 1.27. The molecule has 1 amide bonds. The van der Waals surface area contributed by atoms with Crippen LogP contribution in [0.25, 0.3) is 10.9 Å². The minimum Gasteiger partial charge on any atom is -0.366 e. The van der Waals surface area contributed by atoms with Gasteiger partial charge in [-0.15, -0.1) is 0 Å². The lowest BCUT2D eigenvalue weighted by Gasteiger charge is -2.19. The maximum atomic E-state index is 13.8. The molecule has 0 aliphatic carbocycles. The molecule has 0 aliphatic rings. The highest BCUT2D eigenvalue weighted by atomic mass is 32.2. The molecular formula is C25H23N3O2S. The molecule has 2 aromatic carbocycles. The van der Waals surface area contributed by atoms with Gasteiger partial charge in [-0.05, 0) is 43.5 Å². The van der Waals surface area contributed by atoms with Crippen LogP contribution in [0.3, 0.4) is 0 Å². The van der Waals surface area contributed by atoms with Crippen molar-refractivity contribution in [1.29, 1.82) is 0 Å². The summed E-state index contributed by atoms with van der Waals surface area (Å²) in [4.78, 5) is 33.9. The first-order chi connectivity index (χ1) is 14.9. The van der Waals surface area contributed by atoms with Crippen LogP contribution < -0.4 is 5.73 Å². The van der Waals surface area contributed by atoms with E-state index in [0.717, 1.165) is 33.3 Å². The number of H-pyrrole nitrogens is 1. The zero-order valence-electron chi connectivity index (χ0n) is 17.6. The van der Waals surface area contributed by atoms with Crippen LogP contribution in [0, 0.1) is 20.8 Å². The number of Topliss-reactive ketones (excluding diaryl/α,β-unsaturated/α-hetero) is 1. The van der Waals surface area contributed by atoms with Gasteiger partial charge in [-0.1, -0.05) is 60.3 Å². The number of fused-ring (bicyclic) bond motifs is 1. The number of amides is 1. The predicted octanol–water partition coefficient (Wildman–Crippen LogP) is 5.30. The Balaban J connectivity index is 1.85. The molecule has 0 spiro atoms. The van der Waals surface area contributed by atoms with Crippen LogP contribution in [0.4, 0.5) is 0 Å². The van der Waals surface area contributed by atoms with Crippen LogP contribution in [0.2, 0.25) is 0 Å². The van der Waals surface area contributed by atoms with E-state index in [-0.39, 0.29) is 5.78 Å². The van der Waals surface area contributed by atoms with E-state index in [1.165, 1.54) is 11.8 Å². The molecule has 0 saturated heterocycles. The number of carbonyl (C=O) groups is 2. The van der Waals surface area contributed by atoms with Crippen LogP contribution in [0.1, 0.15) is 48.4 Å². The Kier molecular flexibility index (Phi) is 5.65. The second-order valence-corrected chi connectivity index (χ2v) is 8.61. The van der Waals surface area contributed by atoms with Crippen molar-refractivity contribution in [2.45, 2.75) is 31.0 Å². The summed E-state index contributed by atoms with van der Waals surface area (Å²) in [7, 11) is 0. The minimum absolute atomic E-state index is 0.0539. The van der Waals surface area contributed by atoms with E-state index < -0.39 is 11.2 Å². The van der Waals surface area contributed by atoms with Gasteiger partial charge in [-0.3, -0.25) is 9.59 Å². The SMILES string of the molecule is Cc1nc(SC(C(=O)c2c[nH]c3ccccc23)c2ccccc2)c(C(N)=O)c(C)c1C. The van der Waals surface area contributed by atoms with E-state index >= 15 is 0 Å². The molecule has 5 nitrogen and oxygen atoms in total. The van der Waals surface area contributed by atoms with Gasteiger partial charge < -0.3 is 10.7 Å². The molecular weight excluding hydrogens is 406 g/mol. The number of thioether (sulfide) groups is 1. The Morgan fingerprint density at radius 1 is 0.968 bits per heavy atom. The number of aromatic amines is 1. The van der Waals surface area contributed by atoms with E-state index in [0.29, 0.717) is 16.2 Å². The summed E-state index contributed by atoms with van der Waals surface area (Å²) in [5, 5.41) is 0.774. The van der Waals surface area contributed by atoms with E-state index in [1.807, 2.05) is 75.4 Å². The van der Waals surface area contributed by atoms with E-state index in [1.54, 1.807) is 6.20 Å². The van der Waals surface area contributed by atoms with E-state index in [2.05, 4.69) is 9.97 Å². The molecule has 0 radical (unpaired) electrons. The fraction of sp³-hybridized carbons (Fsp3) is 0.160. The van der Waals surface area contributed by atoms with Crippen molar-refractivity contribution in [2.75, 3.05) is 0 Å². The predicted molar refractivity (Wildman–Crippen MR) is 125 cm³/mol. The van der Waals surface area contributed by atoms with Gasteiger partial charge in [-0.25, -0.2) is 4.98 Å². The zero-order valence-corrected chi connectivity index (χ0v) is 18.4. The number of para-hydroxylation sites is 1. The number of hydrogen-bond acceptors (Lipinski definition) is 4. The molecule has 4 aromatic rings. The first-order valence-corrected chi connectivity index (χ1v) is 10.9. The lowest BCUT2D eigenvalue weighted by atomic mass is 10.0. The maximum absolute atomic E-state index is 13.8. The fourth-order valence-corrected chi connectivity index (χ4v) is 5.03. The average molecular weight is 430 g/mol. The second-order valence-electron chi connectivity index (χ2n) is 7.51. The highest BCUT2D eigenvalue weighted by molar-refractivity contribution is 8.00. The third-order valence-electron chi connectivity index (χ3n) is 5.63. The maximum Gasteiger partial charge on any atom is 0.251 e. The molecule has 4 rings (SSSR count). The van der Waals surface area contributed by atoms with Gasteiger partial charge in [0, 0.05) is 28.4 Å². The molecule has 0 aliphatic heterocycles. The normalized spacial score (nSPS) is 12.1. The van der Waals surface area contributed by atoms with Crippen molar-refractivity contribution >= 4 is 34.4 Å². The molecule has 1 atom stereocenters. The van der Waals surface area contributed by atoms with Crippen LogP contribution in [0.5, 0.6) is 0 Å². The quantitative estimate of drug-likeness (QED) is 0.321. The summed E-state index contributed by atoms with van der Waals surface area (Å²) in [6.45, 7) is 5.69. The first-order valence-electron chi connectivity index (χ1n) is 9.98. The van der Waals surface area contributed by atoms with E-state index in [9.17, 15) is 9.59 Å². The first kappa shape index (κ1) is 20.9. The van der Waals surface area contributed by atoms with Crippen molar-refractivity contribution in [3.8, 4) is 0 Å². The lowest BCUT2D eigenvalue weighted by molar-refractivity contribution is 0.0982. The molecule has 2 aromatic heterocycles. The molecule has 1 unspecified atom stereocenters. The van der Waals surface area contributed by atoms with Crippen LogP contribution >= 0.6 is 11.8 Å². The second kappa shape index (κ2) is 8.40. The Labute approximate surface area is 185 Å². The van der Waals surface area contributed by atoms with Gasteiger partial charge in [0.25, 0.3) is 5.91 Å². The molecule has 0 saturated carbocycles. The largest absolute Gasteiger partial charge is 0.366 e. The van der Waals surface area contributed by atoms with Gasteiger partial charge in [0.1, 0.15) is 5.03 Å². The molecule has 0 bridgehead atoms. The number of carbonyl (C=O) groups excluding carboxylic acids is 2. The average Bonchev–Trinajstić information content (AvgIpc) is 3.20. The number of benzene rings is 2. The van der Waals surface area contributed by atoms with Crippen LogP contribution in [-0.2, 0) is 0 Å².